The van der Waals surface area contributed by atoms with Crippen LogP contribution in [0.2, 0.25) is 0 Å². The van der Waals surface area contributed by atoms with Crippen LogP contribution in [-0.4, -0.2) is 71.0 Å². The van der Waals surface area contributed by atoms with Gasteiger partial charge in [-0.05, 0) is 6.07 Å². The van der Waals surface area contributed by atoms with Crippen LogP contribution in [0.1, 0.15) is 5.56 Å². The number of fused-ring (bicyclic) bond motifs is 1. The van der Waals surface area contributed by atoms with E-state index in [4.69, 9.17) is 33.7 Å². The van der Waals surface area contributed by atoms with Crippen molar-refractivity contribution in [1.29, 1.82) is 5.26 Å². The summed E-state index contributed by atoms with van der Waals surface area (Å²) in [5.41, 5.74) is 0.0773. The molecule has 28 heavy (non-hydrogen) atoms. The monoisotopic (exact) mass is 396 g/mol. The zero-order valence-electron chi connectivity index (χ0n) is 15.6. The molecule has 0 aliphatic carbocycles. The molecule has 1 aromatic carbocycles. The average Bonchev–Trinajstić information content (AvgIpc) is 2.68. The second-order valence-corrected chi connectivity index (χ2v) is 5.67. The molecule has 1 heterocycles. The van der Waals surface area contributed by atoms with Gasteiger partial charge in [0.15, 0.2) is 11.5 Å². The first kappa shape index (κ1) is 21.8. The van der Waals surface area contributed by atoms with Gasteiger partial charge in [-0.2, -0.15) is 5.26 Å². The Kier molecular flexibility index (Phi) is 10.0. The first-order valence-electron chi connectivity index (χ1n) is 8.97. The summed E-state index contributed by atoms with van der Waals surface area (Å²) < 4.78 is 32.8. The van der Waals surface area contributed by atoms with Crippen molar-refractivity contribution in [3.63, 3.8) is 0 Å². The number of benzene rings is 1. The molecular weight excluding hydrogens is 372 g/mol. The van der Waals surface area contributed by atoms with E-state index in [1.807, 2.05) is 6.07 Å². The Balaban J connectivity index is 2.09. The maximum absolute atomic E-state index is 11.3. The summed E-state index contributed by atoms with van der Waals surface area (Å²) >= 11 is 0. The van der Waals surface area contributed by atoms with Gasteiger partial charge in [0.1, 0.15) is 13.2 Å². The third-order valence-electron chi connectivity index (χ3n) is 3.70. The molecule has 1 aromatic rings. The quantitative estimate of drug-likeness (QED) is 0.540. The van der Waals surface area contributed by atoms with E-state index in [0.717, 1.165) is 0 Å². The highest BCUT2D eigenvalue weighted by Gasteiger charge is 2.20. The number of hydrogen-bond donors (Lipinski definition) is 0. The number of nitro groups is 1. The topological polar surface area (TPSA) is 122 Å². The van der Waals surface area contributed by atoms with Crippen molar-refractivity contribution < 1.29 is 33.3 Å². The lowest BCUT2D eigenvalue weighted by Crippen LogP contribution is -2.16. The van der Waals surface area contributed by atoms with Crippen molar-refractivity contribution in [3.8, 4) is 17.6 Å². The number of nitrogens with zero attached hydrogens (tertiary/aromatic N) is 2. The molecule has 2 rings (SSSR count). The number of hydrogen-bond acceptors (Lipinski definition) is 9. The van der Waals surface area contributed by atoms with E-state index in [1.165, 1.54) is 12.1 Å². The fourth-order valence-corrected chi connectivity index (χ4v) is 2.40. The Labute approximate surface area is 163 Å². The lowest BCUT2D eigenvalue weighted by molar-refractivity contribution is -0.385. The van der Waals surface area contributed by atoms with E-state index in [1.54, 1.807) is 0 Å². The molecule has 0 amide bonds. The third kappa shape index (κ3) is 7.66. The van der Waals surface area contributed by atoms with Crippen LogP contribution in [0, 0.1) is 21.4 Å². The van der Waals surface area contributed by atoms with Crippen molar-refractivity contribution in [3.05, 3.63) is 27.8 Å². The van der Waals surface area contributed by atoms with E-state index >= 15 is 0 Å². The SMILES string of the molecule is N#CCc1cc2c(cc1[N+](=O)[O-])OCCOCCOCCOCCOCCO2. The van der Waals surface area contributed by atoms with Crippen LogP contribution in [-0.2, 0) is 25.4 Å². The summed E-state index contributed by atoms with van der Waals surface area (Å²) in [7, 11) is 0. The van der Waals surface area contributed by atoms with Crippen molar-refractivity contribution in [1.82, 2.24) is 0 Å². The van der Waals surface area contributed by atoms with Crippen molar-refractivity contribution in [2.75, 3.05) is 66.1 Å². The van der Waals surface area contributed by atoms with Crippen LogP contribution in [0.4, 0.5) is 5.69 Å². The predicted octanol–water partition coefficient (Wildman–Crippen LogP) is 1.50. The van der Waals surface area contributed by atoms with Crippen molar-refractivity contribution in [2.45, 2.75) is 6.42 Å². The molecule has 0 N–H and O–H groups in total. The summed E-state index contributed by atoms with van der Waals surface area (Å²) in [6.07, 6.45) is -0.107. The zero-order chi connectivity index (χ0) is 20.0. The highest BCUT2D eigenvalue weighted by molar-refractivity contribution is 5.55. The minimum Gasteiger partial charge on any atom is -0.487 e. The number of nitriles is 1. The molecule has 10 heteroatoms. The van der Waals surface area contributed by atoms with Gasteiger partial charge in [0.05, 0.1) is 76.3 Å². The average molecular weight is 396 g/mol. The molecule has 0 saturated heterocycles. The maximum atomic E-state index is 11.3. The van der Waals surface area contributed by atoms with E-state index < -0.39 is 4.92 Å². The highest BCUT2D eigenvalue weighted by Crippen LogP contribution is 2.35. The molecule has 154 valence electrons. The van der Waals surface area contributed by atoms with Crippen LogP contribution in [0.3, 0.4) is 0 Å². The molecular formula is C18H24N2O8. The van der Waals surface area contributed by atoms with Crippen LogP contribution >= 0.6 is 0 Å². The maximum Gasteiger partial charge on any atom is 0.277 e. The summed E-state index contributed by atoms with van der Waals surface area (Å²) in [5, 5.41) is 20.2. The van der Waals surface area contributed by atoms with Gasteiger partial charge in [-0.15, -0.1) is 0 Å². The molecule has 0 atom stereocenters. The Hall–Kier alpha value is -2.45. The zero-order valence-corrected chi connectivity index (χ0v) is 15.6. The summed E-state index contributed by atoms with van der Waals surface area (Å²) in [5.74, 6) is 0.540. The molecule has 1 aliphatic heterocycles. The fourth-order valence-electron chi connectivity index (χ4n) is 2.40. The van der Waals surface area contributed by atoms with Crippen molar-refractivity contribution in [2.24, 2.45) is 0 Å². The Morgan fingerprint density at radius 2 is 1.25 bits per heavy atom. The van der Waals surface area contributed by atoms with E-state index in [9.17, 15) is 10.1 Å². The van der Waals surface area contributed by atoms with Crippen molar-refractivity contribution >= 4 is 5.69 Å². The lowest BCUT2D eigenvalue weighted by Gasteiger charge is -2.15. The number of rotatable bonds is 2. The summed E-state index contributed by atoms with van der Waals surface area (Å²) in [4.78, 5) is 10.8. The second kappa shape index (κ2) is 12.9. The summed E-state index contributed by atoms with van der Waals surface area (Å²) in [6.45, 7) is 3.66. The molecule has 0 aromatic heterocycles. The summed E-state index contributed by atoms with van der Waals surface area (Å²) in [6, 6.07) is 4.66. The van der Waals surface area contributed by atoms with Crippen LogP contribution in [0.5, 0.6) is 11.5 Å². The van der Waals surface area contributed by atoms with Gasteiger partial charge in [-0.1, -0.05) is 0 Å². The molecule has 0 spiro atoms. The largest absolute Gasteiger partial charge is 0.487 e. The predicted molar refractivity (Wildman–Crippen MR) is 96.7 cm³/mol. The van der Waals surface area contributed by atoms with Crippen LogP contribution < -0.4 is 9.47 Å². The molecule has 0 bridgehead atoms. The van der Waals surface area contributed by atoms with E-state index in [-0.39, 0.29) is 43.2 Å². The van der Waals surface area contributed by atoms with Gasteiger partial charge in [-0.25, -0.2) is 0 Å². The first-order valence-corrected chi connectivity index (χ1v) is 8.97. The Morgan fingerprint density at radius 3 is 1.68 bits per heavy atom. The molecule has 10 nitrogen and oxygen atoms in total. The van der Waals surface area contributed by atoms with Gasteiger partial charge in [0.25, 0.3) is 5.69 Å². The van der Waals surface area contributed by atoms with E-state index in [2.05, 4.69) is 0 Å². The second-order valence-electron chi connectivity index (χ2n) is 5.67. The van der Waals surface area contributed by atoms with Gasteiger partial charge >= 0.3 is 0 Å². The van der Waals surface area contributed by atoms with Gasteiger partial charge in [-0.3, -0.25) is 10.1 Å². The fraction of sp³-hybridized carbons (Fsp3) is 0.611. The van der Waals surface area contributed by atoms with Gasteiger partial charge in [0, 0.05) is 5.56 Å². The highest BCUT2D eigenvalue weighted by atomic mass is 16.6. The minimum absolute atomic E-state index is 0.107. The Morgan fingerprint density at radius 1 is 0.821 bits per heavy atom. The van der Waals surface area contributed by atoms with Crippen LogP contribution in [0.15, 0.2) is 12.1 Å². The normalized spacial score (nSPS) is 17.7. The minimum atomic E-state index is -0.543. The number of nitro benzene ring substituents is 1. The molecule has 0 radical (unpaired) electrons. The first-order chi connectivity index (χ1) is 13.7. The lowest BCUT2D eigenvalue weighted by atomic mass is 10.1. The molecule has 1 aliphatic rings. The molecule has 0 saturated carbocycles. The van der Waals surface area contributed by atoms with Crippen LogP contribution in [0.25, 0.3) is 0 Å². The standard InChI is InChI=1S/C18H24N2O8/c19-2-1-15-13-17-18(14-16(15)20(21)22)28-12-10-26-8-6-24-4-3-23-5-7-25-9-11-27-17/h13-14H,1,3-12H2. The Bertz CT molecular complexity index is 662. The van der Waals surface area contributed by atoms with Gasteiger partial charge < -0.3 is 28.4 Å². The smallest absolute Gasteiger partial charge is 0.277 e. The van der Waals surface area contributed by atoms with E-state index in [0.29, 0.717) is 52.0 Å². The number of ether oxygens (including phenoxy) is 6. The molecule has 0 unspecified atom stereocenters. The molecule has 0 fully saturated rings. The van der Waals surface area contributed by atoms with Gasteiger partial charge in [0.2, 0.25) is 0 Å². The third-order valence-corrected chi connectivity index (χ3v) is 3.70.